The number of benzene rings is 2. The maximum atomic E-state index is 12.5. The second kappa shape index (κ2) is 7.15. The molecule has 0 aliphatic heterocycles. The van der Waals surface area contributed by atoms with Crippen LogP contribution in [0.25, 0.3) is 0 Å². The van der Waals surface area contributed by atoms with Crippen molar-refractivity contribution in [3.63, 3.8) is 0 Å². The average molecular weight is 379 g/mol. The quantitative estimate of drug-likeness (QED) is 0.804. The van der Waals surface area contributed by atoms with Crippen molar-refractivity contribution in [2.75, 3.05) is 0 Å². The lowest BCUT2D eigenvalue weighted by Crippen LogP contribution is -2.36. The van der Waals surface area contributed by atoms with E-state index in [0.717, 1.165) is 25.7 Å². The number of nitrogens with two attached hydrogens (primary N) is 1. The van der Waals surface area contributed by atoms with Gasteiger partial charge in [0.15, 0.2) is 0 Å². The molecule has 0 aromatic heterocycles. The number of hydrogen-bond donors (Lipinski definition) is 2. The molecular weight excluding hydrogens is 360 g/mol. The highest BCUT2D eigenvalue weighted by Crippen LogP contribution is 2.23. The summed E-state index contributed by atoms with van der Waals surface area (Å²) >= 11 is 5.86. The minimum absolute atomic E-state index is 0.00226. The van der Waals surface area contributed by atoms with Crippen LogP contribution in [0.3, 0.4) is 0 Å². The fraction of sp³-hybridized carbons (Fsp3) is 0.278. The van der Waals surface area contributed by atoms with Gasteiger partial charge in [-0.3, -0.25) is 4.79 Å². The summed E-state index contributed by atoms with van der Waals surface area (Å²) in [5.41, 5.74) is 2.79. The summed E-state index contributed by atoms with van der Waals surface area (Å²) in [5, 5.41) is 8.14. The predicted molar refractivity (Wildman–Crippen MR) is 97.2 cm³/mol. The molecule has 1 amide bonds. The smallest absolute Gasteiger partial charge is 0.251 e. The number of hydrogen-bond acceptors (Lipinski definition) is 3. The predicted octanol–water partition coefficient (Wildman–Crippen LogP) is 2.66. The summed E-state index contributed by atoms with van der Waals surface area (Å²) < 4.78 is 23.1. The Morgan fingerprint density at radius 2 is 1.88 bits per heavy atom. The second-order valence-corrected chi connectivity index (χ2v) is 8.16. The van der Waals surface area contributed by atoms with Crippen LogP contribution in [0.15, 0.2) is 47.4 Å². The molecule has 5 nitrogen and oxygen atoms in total. The first-order valence-electron chi connectivity index (χ1n) is 8.04. The van der Waals surface area contributed by atoms with E-state index in [1.165, 1.54) is 29.3 Å². The lowest BCUT2D eigenvalue weighted by atomic mass is 10.0. The highest BCUT2D eigenvalue weighted by molar-refractivity contribution is 7.89. The zero-order chi connectivity index (χ0) is 18.0. The number of carbonyl (C=O) groups is 1. The maximum Gasteiger partial charge on any atom is 0.251 e. The van der Waals surface area contributed by atoms with E-state index in [-0.39, 0.29) is 27.4 Å². The summed E-state index contributed by atoms with van der Waals surface area (Å²) in [4.78, 5) is 12.3. The molecule has 25 heavy (non-hydrogen) atoms. The first-order chi connectivity index (χ1) is 11.8. The Hall–Kier alpha value is -1.89. The van der Waals surface area contributed by atoms with Crippen LogP contribution in [0.2, 0.25) is 5.02 Å². The fourth-order valence-electron chi connectivity index (χ4n) is 3.16. The lowest BCUT2D eigenvalue weighted by Gasteiger charge is -2.17. The molecule has 2 aromatic rings. The zero-order valence-corrected chi connectivity index (χ0v) is 15.1. The van der Waals surface area contributed by atoms with Gasteiger partial charge in [0.1, 0.15) is 4.90 Å². The van der Waals surface area contributed by atoms with Crippen LogP contribution in [-0.4, -0.2) is 20.4 Å². The number of nitrogens with one attached hydrogen (secondary N) is 1. The molecular formula is C18H19ClN2O3S. The molecule has 0 saturated carbocycles. The van der Waals surface area contributed by atoms with Gasteiger partial charge in [0.25, 0.3) is 5.91 Å². The van der Waals surface area contributed by atoms with Crippen molar-refractivity contribution in [2.45, 2.75) is 36.6 Å². The van der Waals surface area contributed by atoms with E-state index in [4.69, 9.17) is 16.7 Å². The van der Waals surface area contributed by atoms with Crippen molar-refractivity contribution in [2.24, 2.45) is 5.14 Å². The molecule has 0 fully saturated rings. The minimum Gasteiger partial charge on any atom is -0.349 e. The van der Waals surface area contributed by atoms with E-state index in [2.05, 4.69) is 17.4 Å². The number of halogens is 1. The number of primary sulfonamides is 1. The molecule has 3 N–H and O–H groups in total. The van der Waals surface area contributed by atoms with Gasteiger partial charge in [0.05, 0.1) is 5.02 Å². The number of aryl methyl sites for hydroxylation is 1. The van der Waals surface area contributed by atoms with E-state index in [1.807, 2.05) is 12.1 Å². The Morgan fingerprint density at radius 1 is 1.16 bits per heavy atom. The van der Waals surface area contributed by atoms with Crippen LogP contribution in [0.5, 0.6) is 0 Å². The van der Waals surface area contributed by atoms with E-state index in [9.17, 15) is 13.2 Å². The first kappa shape index (κ1) is 17.9. The van der Waals surface area contributed by atoms with Gasteiger partial charge in [0.2, 0.25) is 10.0 Å². The van der Waals surface area contributed by atoms with Gasteiger partial charge in [-0.1, -0.05) is 35.9 Å². The summed E-state index contributed by atoms with van der Waals surface area (Å²) in [6.45, 7) is 0. The van der Waals surface area contributed by atoms with Crippen LogP contribution in [0, 0.1) is 0 Å². The highest BCUT2D eigenvalue weighted by atomic mass is 35.5. The Bertz CT molecular complexity index is 912. The number of carbonyl (C=O) groups excluding carboxylic acids is 1. The summed E-state index contributed by atoms with van der Waals surface area (Å²) in [5.74, 6) is -0.328. The SMILES string of the molecule is NS(=O)(=O)c1cc(C(=O)NC2CCCc3ccccc3C2)ccc1Cl. The summed E-state index contributed by atoms with van der Waals surface area (Å²) in [6.07, 6.45) is 3.62. The maximum absolute atomic E-state index is 12.5. The standard InChI is InChI=1S/C18H19ClN2O3S/c19-16-9-8-14(11-17(16)25(20,23)24)18(22)21-15-7-3-6-12-4-1-2-5-13(12)10-15/h1-2,4-5,8-9,11,15H,3,6-7,10H2,(H,21,22)(H2,20,23,24). The van der Waals surface area contributed by atoms with Crippen molar-refractivity contribution in [3.8, 4) is 0 Å². The summed E-state index contributed by atoms with van der Waals surface area (Å²) in [7, 11) is -3.98. The normalized spacial score (nSPS) is 17.4. The molecule has 0 spiro atoms. The third-order valence-electron chi connectivity index (χ3n) is 4.42. The van der Waals surface area contributed by atoms with Crippen LogP contribution >= 0.6 is 11.6 Å². The van der Waals surface area contributed by atoms with E-state index in [1.54, 1.807) is 0 Å². The Balaban J connectivity index is 1.79. The number of sulfonamides is 1. The molecule has 1 unspecified atom stereocenters. The van der Waals surface area contributed by atoms with Crippen molar-refractivity contribution in [1.82, 2.24) is 5.32 Å². The van der Waals surface area contributed by atoms with Gasteiger partial charge in [-0.15, -0.1) is 0 Å². The largest absolute Gasteiger partial charge is 0.349 e. The third-order valence-corrected chi connectivity index (χ3v) is 5.81. The van der Waals surface area contributed by atoms with Gasteiger partial charge >= 0.3 is 0 Å². The lowest BCUT2D eigenvalue weighted by molar-refractivity contribution is 0.0934. The molecule has 0 bridgehead atoms. The van der Waals surface area contributed by atoms with E-state index >= 15 is 0 Å². The highest BCUT2D eigenvalue weighted by Gasteiger charge is 2.21. The molecule has 132 valence electrons. The number of rotatable bonds is 3. The van der Waals surface area contributed by atoms with Crippen LogP contribution in [0.4, 0.5) is 0 Å². The molecule has 7 heteroatoms. The third kappa shape index (κ3) is 4.21. The minimum atomic E-state index is -3.98. The van der Waals surface area contributed by atoms with Gasteiger partial charge in [-0.25, -0.2) is 13.6 Å². The van der Waals surface area contributed by atoms with Gasteiger partial charge < -0.3 is 5.32 Å². The van der Waals surface area contributed by atoms with Crippen LogP contribution < -0.4 is 10.5 Å². The first-order valence-corrected chi connectivity index (χ1v) is 9.97. The Morgan fingerprint density at radius 3 is 2.60 bits per heavy atom. The molecule has 1 aliphatic rings. The Labute approximate surface area is 152 Å². The Kier molecular flexibility index (Phi) is 5.13. The van der Waals surface area contributed by atoms with E-state index < -0.39 is 10.0 Å². The van der Waals surface area contributed by atoms with Crippen molar-refractivity contribution < 1.29 is 13.2 Å². The molecule has 0 radical (unpaired) electrons. The topological polar surface area (TPSA) is 89.3 Å². The van der Waals surface area contributed by atoms with Crippen molar-refractivity contribution in [3.05, 3.63) is 64.2 Å². The average Bonchev–Trinajstić information content (AvgIpc) is 2.75. The van der Waals surface area contributed by atoms with Gasteiger partial charge in [-0.05, 0) is 55.0 Å². The van der Waals surface area contributed by atoms with Crippen molar-refractivity contribution in [1.29, 1.82) is 0 Å². The molecule has 0 heterocycles. The van der Waals surface area contributed by atoms with E-state index in [0.29, 0.717) is 0 Å². The van der Waals surface area contributed by atoms with Gasteiger partial charge in [0, 0.05) is 11.6 Å². The monoisotopic (exact) mass is 378 g/mol. The summed E-state index contributed by atoms with van der Waals surface area (Å²) in [6, 6.07) is 12.3. The number of amides is 1. The molecule has 3 rings (SSSR count). The molecule has 2 aromatic carbocycles. The number of fused-ring (bicyclic) bond motifs is 1. The molecule has 0 saturated heterocycles. The second-order valence-electron chi connectivity index (χ2n) is 6.23. The van der Waals surface area contributed by atoms with Gasteiger partial charge in [-0.2, -0.15) is 0 Å². The molecule has 1 atom stereocenters. The van der Waals surface area contributed by atoms with Crippen molar-refractivity contribution >= 4 is 27.5 Å². The zero-order valence-electron chi connectivity index (χ0n) is 13.5. The fourth-order valence-corrected chi connectivity index (χ4v) is 4.23. The van der Waals surface area contributed by atoms with Crippen LogP contribution in [0.1, 0.15) is 34.3 Å². The van der Waals surface area contributed by atoms with Crippen LogP contribution in [-0.2, 0) is 22.9 Å². The molecule has 1 aliphatic carbocycles.